The van der Waals surface area contributed by atoms with Crippen molar-refractivity contribution in [3.63, 3.8) is 0 Å². The van der Waals surface area contributed by atoms with Gasteiger partial charge in [0.05, 0.1) is 5.69 Å². The molecular weight excluding hydrogens is 154 g/mol. The van der Waals surface area contributed by atoms with Crippen LogP contribution in [0.5, 0.6) is 0 Å². The highest BCUT2D eigenvalue weighted by atomic mass is 16.1. The Hall–Kier alpha value is -1.38. The van der Waals surface area contributed by atoms with E-state index in [4.69, 9.17) is 0 Å². The predicted octanol–water partition coefficient (Wildman–Crippen LogP) is 1.59. The summed E-state index contributed by atoms with van der Waals surface area (Å²) >= 11 is 0. The molecule has 0 spiro atoms. The van der Waals surface area contributed by atoms with E-state index < -0.39 is 0 Å². The van der Waals surface area contributed by atoms with Crippen molar-refractivity contribution in [2.45, 2.75) is 20.3 Å². The molecule has 3 heteroatoms. The summed E-state index contributed by atoms with van der Waals surface area (Å²) in [5, 5.41) is 0. The summed E-state index contributed by atoms with van der Waals surface area (Å²) in [5.74, 6) is -0.0437. The molecule has 0 saturated carbocycles. The molecule has 0 saturated heterocycles. The number of aromatic amines is 1. The monoisotopic (exact) mass is 165 g/mol. The zero-order valence-electron chi connectivity index (χ0n) is 7.18. The number of hydrogen-bond donors (Lipinski definition) is 1. The van der Waals surface area contributed by atoms with Crippen molar-refractivity contribution >= 4 is 12.1 Å². The maximum atomic E-state index is 10.9. The molecule has 0 aromatic carbocycles. The van der Waals surface area contributed by atoms with Gasteiger partial charge in [-0.2, -0.15) is 0 Å². The molecule has 0 aliphatic rings. The number of aryl methyl sites for hydroxylation is 1. The number of nitrogens with one attached hydrogen (secondary N) is 1. The van der Waals surface area contributed by atoms with Crippen molar-refractivity contribution in [1.29, 1.82) is 0 Å². The van der Waals surface area contributed by atoms with Gasteiger partial charge < -0.3 is 4.98 Å². The molecule has 1 aromatic heterocycles. The highest BCUT2D eigenvalue weighted by Gasteiger charge is 2.07. The van der Waals surface area contributed by atoms with Crippen molar-refractivity contribution in [2.75, 3.05) is 0 Å². The lowest BCUT2D eigenvalue weighted by atomic mass is 10.2. The van der Waals surface area contributed by atoms with Crippen LogP contribution in [-0.2, 0) is 6.42 Å². The first-order chi connectivity index (χ1) is 5.69. The molecule has 1 rings (SSSR count). The molecule has 0 amide bonds. The second-order valence-electron chi connectivity index (χ2n) is 2.64. The van der Waals surface area contributed by atoms with Crippen LogP contribution in [0.3, 0.4) is 0 Å². The second-order valence-corrected chi connectivity index (χ2v) is 2.64. The number of aromatic nitrogens is 1. The number of H-pyrrole nitrogens is 1. The fourth-order valence-electron chi connectivity index (χ4n) is 1.10. The van der Waals surface area contributed by atoms with Crippen molar-refractivity contribution in [1.82, 2.24) is 4.98 Å². The van der Waals surface area contributed by atoms with Gasteiger partial charge in [0, 0.05) is 18.2 Å². The quantitative estimate of drug-likeness (QED) is 0.546. The summed E-state index contributed by atoms with van der Waals surface area (Å²) in [6, 6.07) is 1.59. The van der Waals surface area contributed by atoms with E-state index in [0.29, 0.717) is 11.3 Å². The number of carbonyl (C=O) groups excluding carboxylic acids is 2. The first-order valence-corrected chi connectivity index (χ1v) is 3.87. The minimum Gasteiger partial charge on any atom is -0.355 e. The number of ketones is 1. The number of rotatable bonds is 3. The van der Waals surface area contributed by atoms with Gasteiger partial charge in [0.25, 0.3) is 0 Å². The number of aldehydes is 1. The Bertz CT molecular complexity index is 312. The molecule has 0 aliphatic carbocycles. The summed E-state index contributed by atoms with van der Waals surface area (Å²) in [6.07, 6.45) is 1.50. The highest BCUT2D eigenvalue weighted by Crippen LogP contribution is 2.09. The van der Waals surface area contributed by atoms with Gasteiger partial charge in [-0.3, -0.25) is 9.59 Å². The van der Waals surface area contributed by atoms with Gasteiger partial charge in [-0.1, -0.05) is 6.92 Å². The Morgan fingerprint density at radius 2 is 2.33 bits per heavy atom. The number of Topliss-reactive ketones (excluding diaryl/α,β-unsaturated/α-hetero) is 1. The Morgan fingerprint density at radius 1 is 1.67 bits per heavy atom. The molecule has 12 heavy (non-hydrogen) atoms. The lowest BCUT2D eigenvalue weighted by molar-refractivity contribution is 0.101. The predicted molar refractivity (Wildman–Crippen MR) is 45.6 cm³/mol. The van der Waals surface area contributed by atoms with Gasteiger partial charge in [0.15, 0.2) is 12.1 Å². The van der Waals surface area contributed by atoms with Gasteiger partial charge >= 0.3 is 0 Å². The molecular formula is C9H11NO2. The molecule has 1 aromatic rings. The summed E-state index contributed by atoms with van der Waals surface area (Å²) < 4.78 is 0. The van der Waals surface area contributed by atoms with Crippen LogP contribution in [0, 0.1) is 0 Å². The molecule has 0 aliphatic heterocycles. The SMILES string of the molecule is CCc1[nH]c(C(C)=O)cc1C=O. The molecule has 1 N–H and O–H groups in total. The first kappa shape index (κ1) is 8.71. The van der Waals surface area contributed by atoms with Gasteiger partial charge in [-0.05, 0) is 12.5 Å². The van der Waals surface area contributed by atoms with Gasteiger partial charge in [-0.25, -0.2) is 0 Å². The summed E-state index contributed by atoms with van der Waals surface area (Å²) in [4.78, 5) is 24.3. The molecule has 0 radical (unpaired) electrons. The molecule has 0 atom stereocenters. The van der Waals surface area contributed by atoms with Crippen LogP contribution in [0.4, 0.5) is 0 Å². The lowest BCUT2D eigenvalue weighted by Gasteiger charge is -1.90. The topological polar surface area (TPSA) is 49.9 Å². The number of carbonyl (C=O) groups is 2. The molecule has 0 fully saturated rings. The maximum Gasteiger partial charge on any atom is 0.175 e. The summed E-state index contributed by atoms with van der Waals surface area (Å²) in [7, 11) is 0. The van der Waals surface area contributed by atoms with Crippen LogP contribution in [-0.4, -0.2) is 17.1 Å². The van der Waals surface area contributed by atoms with Gasteiger partial charge in [0.2, 0.25) is 0 Å². The second kappa shape index (κ2) is 3.34. The van der Waals surface area contributed by atoms with E-state index in [1.165, 1.54) is 6.92 Å². The van der Waals surface area contributed by atoms with E-state index in [0.717, 1.165) is 18.4 Å². The van der Waals surface area contributed by atoms with Crippen molar-refractivity contribution < 1.29 is 9.59 Å². The lowest BCUT2D eigenvalue weighted by Crippen LogP contribution is -1.91. The van der Waals surface area contributed by atoms with Crippen molar-refractivity contribution in [3.05, 3.63) is 23.0 Å². The fourth-order valence-corrected chi connectivity index (χ4v) is 1.10. The largest absolute Gasteiger partial charge is 0.355 e. The van der Waals surface area contributed by atoms with Crippen LogP contribution < -0.4 is 0 Å². The minimum absolute atomic E-state index is 0.0437. The third-order valence-corrected chi connectivity index (χ3v) is 1.79. The molecule has 0 bridgehead atoms. The maximum absolute atomic E-state index is 10.9. The van der Waals surface area contributed by atoms with Crippen LogP contribution in [0.25, 0.3) is 0 Å². The van der Waals surface area contributed by atoms with E-state index in [1.807, 2.05) is 6.92 Å². The third-order valence-electron chi connectivity index (χ3n) is 1.79. The smallest absolute Gasteiger partial charge is 0.175 e. The summed E-state index contributed by atoms with van der Waals surface area (Å²) in [5.41, 5.74) is 1.92. The van der Waals surface area contributed by atoms with Crippen LogP contribution >= 0.6 is 0 Å². The van der Waals surface area contributed by atoms with E-state index in [-0.39, 0.29) is 5.78 Å². The Kier molecular flexibility index (Phi) is 2.43. The number of hydrogen-bond acceptors (Lipinski definition) is 2. The van der Waals surface area contributed by atoms with Crippen LogP contribution in [0.15, 0.2) is 6.07 Å². The highest BCUT2D eigenvalue weighted by molar-refractivity contribution is 5.94. The standard InChI is InChI=1S/C9H11NO2/c1-3-8-7(5-11)4-9(10-8)6(2)12/h4-5,10H,3H2,1-2H3. The molecule has 3 nitrogen and oxygen atoms in total. The van der Waals surface area contributed by atoms with Gasteiger partial charge in [-0.15, -0.1) is 0 Å². The molecule has 64 valence electrons. The average molecular weight is 165 g/mol. The zero-order chi connectivity index (χ0) is 9.14. The minimum atomic E-state index is -0.0437. The zero-order valence-corrected chi connectivity index (χ0v) is 7.18. The Morgan fingerprint density at radius 3 is 2.67 bits per heavy atom. The van der Waals surface area contributed by atoms with Gasteiger partial charge in [0.1, 0.15) is 0 Å². The Labute approximate surface area is 70.8 Å². The average Bonchev–Trinajstić information content (AvgIpc) is 2.46. The van der Waals surface area contributed by atoms with E-state index in [2.05, 4.69) is 4.98 Å². The van der Waals surface area contributed by atoms with Crippen molar-refractivity contribution in [3.8, 4) is 0 Å². The summed E-state index contributed by atoms with van der Waals surface area (Å²) in [6.45, 7) is 3.41. The molecule has 0 unspecified atom stereocenters. The van der Waals surface area contributed by atoms with Crippen LogP contribution in [0.1, 0.15) is 40.4 Å². The van der Waals surface area contributed by atoms with Crippen LogP contribution in [0.2, 0.25) is 0 Å². The van der Waals surface area contributed by atoms with E-state index >= 15 is 0 Å². The van der Waals surface area contributed by atoms with Crippen molar-refractivity contribution in [2.24, 2.45) is 0 Å². The Balaban J connectivity index is 3.13. The van der Waals surface area contributed by atoms with E-state index in [1.54, 1.807) is 6.07 Å². The normalized spacial score (nSPS) is 9.83. The first-order valence-electron chi connectivity index (χ1n) is 3.87. The fraction of sp³-hybridized carbons (Fsp3) is 0.333. The van der Waals surface area contributed by atoms with E-state index in [9.17, 15) is 9.59 Å². The third kappa shape index (κ3) is 1.44. The molecule has 1 heterocycles.